The van der Waals surface area contributed by atoms with Crippen LogP contribution in [0.1, 0.15) is 49.9 Å². The number of hydrogen-bond acceptors (Lipinski definition) is 5. The van der Waals surface area contributed by atoms with E-state index in [1.165, 1.54) is 0 Å². The van der Waals surface area contributed by atoms with Crippen LogP contribution < -0.4 is 5.32 Å². The highest BCUT2D eigenvalue weighted by molar-refractivity contribution is 5.74. The first-order valence-electron chi connectivity index (χ1n) is 8.33. The van der Waals surface area contributed by atoms with Crippen LogP contribution in [0.25, 0.3) is 0 Å². The Kier molecular flexibility index (Phi) is 4.77. The highest BCUT2D eigenvalue weighted by Crippen LogP contribution is 2.35. The third kappa shape index (κ3) is 3.72. The summed E-state index contributed by atoms with van der Waals surface area (Å²) in [5.41, 5.74) is 0. The van der Waals surface area contributed by atoms with Gasteiger partial charge in [-0.25, -0.2) is 14.5 Å². The van der Waals surface area contributed by atoms with Crippen molar-refractivity contribution in [3.05, 3.63) is 24.0 Å². The van der Waals surface area contributed by atoms with Gasteiger partial charge in [0.05, 0.1) is 12.1 Å². The van der Waals surface area contributed by atoms with E-state index in [0.29, 0.717) is 18.4 Å². The van der Waals surface area contributed by atoms with Crippen molar-refractivity contribution in [2.45, 2.75) is 51.7 Å². The van der Waals surface area contributed by atoms with Crippen molar-refractivity contribution in [3.63, 3.8) is 0 Å². The van der Waals surface area contributed by atoms with E-state index in [1.807, 2.05) is 24.7 Å². The van der Waals surface area contributed by atoms with Gasteiger partial charge in [-0.15, -0.1) is 5.10 Å². The topological polar surface area (TPSA) is 93.8 Å². The van der Waals surface area contributed by atoms with E-state index < -0.39 is 0 Å². The molecule has 2 amide bonds. The SMILES string of the molecule is Cc1nccn1CCCN(C)C(=O)N[C@H](C)c1nnnn1C1CC1. The molecule has 24 heavy (non-hydrogen) atoms. The second-order valence-electron chi connectivity index (χ2n) is 6.33. The Balaban J connectivity index is 1.46. The summed E-state index contributed by atoms with van der Waals surface area (Å²) in [6.07, 6.45) is 6.82. The first-order chi connectivity index (χ1) is 11.6. The fraction of sp³-hybridized carbons (Fsp3) is 0.667. The number of imidazole rings is 1. The van der Waals surface area contributed by atoms with Crippen LogP contribution in [-0.2, 0) is 6.54 Å². The maximum atomic E-state index is 12.3. The molecule has 1 atom stereocenters. The van der Waals surface area contributed by atoms with E-state index in [9.17, 15) is 4.79 Å². The molecule has 1 aliphatic carbocycles. The quantitative estimate of drug-likeness (QED) is 0.825. The van der Waals surface area contributed by atoms with Crippen molar-refractivity contribution in [3.8, 4) is 0 Å². The number of tetrazole rings is 1. The second kappa shape index (κ2) is 6.98. The van der Waals surface area contributed by atoms with Gasteiger partial charge in [0.25, 0.3) is 0 Å². The van der Waals surface area contributed by atoms with Crippen LogP contribution in [0.3, 0.4) is 0 Å². The fourth-order valence-electron chi connectivity index (χ4n) is 2.64. The number of nitrogens with one attached hydrogen (secondary N) is 1. The van der Waals surface area contributed by atoms with Crippen molar-refractivity contribution in [1.29, 1.82) is 0 Å². The molecule has 1 aliphatic rings. The number of hydrogen-bond donors (Lipinski definition) is 1. The number of aryl methyl sites for hydroxylation is 2. The molecule has 3 rings (SSSR count). The zero-order valence-electron chi connectivity index (χ0n) is 14.4. The molecule has 2 aromatic rings. The van der Waals surface area contributed by atoms with E-state index in [0.717, 1.165) is 31.6 Å². The van der Waals surface area contributed by atoms with E-state index in [1.54, 1.807) is 18.1 Å². The Hall–Kier alpha value is -2.45. The van der Waals surface area contributed by atoms with Crippen LogP contribution in [-0.4, -0.2) is 54.3 Å². The van der Waals surface area contributed by atoms with Gasteiger partial charge in [0.15, 0.2) is 5.82 Å². The predicted octanol–water partition coefficient (Wildman–Crippen LogP) is 1.31. The molecule has 9 heteroatoms. The lowest BCUT2D eigenvalue weighted by atomic mass is 10.3. The third-order valence-corrected chi connectivity index (χ3v) is 4.30. The van der Waals surface area contributed by atoms with Gasteiger partial charge in [0.2, 0.25) is 0 Å². The maximum absolute atomic E-state index is 12.3. The molecular formula is C15H24N8O. The molecule has 0 spiro atoms. The van der Waals surface area contributed by atoms with E-state index in [4.69, 9.17) is 0 Å². The van der Waals surface area contributed by atoms with E-state index in [2.05, 4.69) is 30.4 Å². The van der Waals surface area contributed by atoms with Crippen molar-refractivity contribution in [2.24, 2.45) is 0 Å². The lowest BCUT2D eigenvalue weighted by Gasteiger charge is -2.21. The molecule has 1 N–H and O–H groups in total. The number of amides is 2. The molecule has 0 bridgehead atoms. The minimum atomic E-state index is -0.216. The average Bonchev–Trinajstić information content (AvgIpc) is 3.14. The van der Waals surface area contributed by atoms with Crippen LogP contribution in [0.2, 0.25) is 0 Å². The normalized spacial score (nSPS) is 15.3. The van der Waals surface area contributed by atoms with Crippen LogP contribution in [0.15, 0.2) is 12.4 Å². The van der Waals surface area contributed by atoms with Crippen LogP contribution in [0, 0.1) is 6.92 Å². The molecule has 1 fully saturated rings. The molecule has 0 unspecified atom stereocenters. The summed E-state index contributed by atoms with van der Waals surface area (Å²) in [6.45, 7) is 5.40. The summed E-state index contributed by atoms with van der Waals surface area (Å²) in [5.74, 6) is 1.70. The highest BCUT2D eigenvalue weighted by Gasteiger charge is 2.30. The number of urea groups is 1. The summed E-state index contributed by atoms with van der Waals surface area (Å²) in [5, 5.41) is 14.8. The summed E-state index contributed by atoms with van der Waals surface area (Å²) >= 11 is 0. The predicted molar refractivity (Wildman–Crippen MR) is 87.2 cm³/mol. The second-order valence-corrected chi connectivity index (χ2v) is 6.33. The van der Waals surface area contributed by atoms with Gasteiger partial charge < -0.3 is 14.8 Å². The van der Waals surface area contributed by atoms with Gasteiger partial charge in [-0.2, -0.15) is 0 Å². The Morgan fingerprint density at radius 2 is 2.29 bits per heavy atom. The summed E-state index contributed by atoms with van der Waals surface area (Å²) in [7, 11) is 1.80. The Morgan fingerprint density at radius 3 is 2.96 bits per heavy atom. The number of nitrogens with zero attached hydrogens (tertiary/aromatic N) is 7. The fourth-order valence-corrected chi connectivity index (χ4v) is 2.64. The average molecular weight is 332 g/mol. The highest BCUT2D eigenvalue weighted by atomic mass is 16.2. The third-order valence-electron chi connectivity index (χ3n) is 4.30. The molecule has 0 saturated heterocycles. The summed E-state index contributed by atoms with van der Waals surface area (Å²) in [4.78, 5) is 18.2. The smallest absolute Gasteiger partial charge is 0.317 e. The minimum absolute atomic E-state index is 0.116. The standard InChI is InChI=1S/C15H24N8O/c1-11(14-18-19-20-23(14)13-5-6-13)17-15(24)21(3)8-4-9-22-10-7-16-12(22)2/h7,10-11,13H,4-6,8-9H2,1-3H3,(H,17,24)/t11-/m1/s1. The number of rotatable bonds is 7. The van der Waals surface area contributed by atoms with E-state index >= 15 is 0 Å². The van der Waals surface area contributed by atoms with Crippen molar-refractivity contribution in [1.82, 2.24) is 40.0 Å². The van der Waals surface area contributed by atoms with Gasteiger partial charge in [0, 0.05) is 32.5 Å². The maximum Gasteiger partial charge on any atom is 0.317 e. The Bertz CT molecular complexity index is 689. The van der Waals surface area contributed by atoms with Gasteiger partial charge in [0.1, 0.15) is 5.82 Å². The van der Waals surface area contributed by atoms with Gasteiger partial charge >= 0.3 is 6.03 Å². The van der Waals surface area contributed by atoms with Crippen molar-refractivity contribution < 1.29 is 4.79 Å². The minimum Gasteiger partial charge on any atom is -0.335 e. The molecule has 2 aromatic heterocycles. The molecule has 130 valence electrons. The molecular weight excluding hydrogens is 308 g/mol. The number of carbonyl (C=O) groups excluding carboxylic acids is 1. The molecule has 1 saturated carbocycles. The van der Waals surface area contributed by atoms with Gasteiger partial charge in [-0.05, 0) is 43.5 Å². The number of carbonyl (C=O) groups is 1. The van der Waals surface area contributed by atoms with Crippen LogP contribution in [0.5, 0.6) is 0 Å². The van der Waals surface area contributed by atoms with Gasteiger partial charge in [-0.1, -0.05) is 0 Å². The summed E-state index contributed by atoms with van der Waals surface area (Å²) < 4.78 is 3.91. The molecule has 0 radical (unpaired) electrons. The number of aromatic nitrogens is 6. The molecule has 0 aromatic carbocycles. The summed E-state index contributed by atoms with van der Waals surface area (Å²) in [6, 6.07) is 0.0622. The Labute approximate surface area is 141 Å². The largest absolute Gasteiger partial charge is 0.335 e. The van der Waals surface area contributed by atoms with Crippen LogP contribution in [0.4, 0.5) is 4.79 Å². The Morgan fingerprint density at radius 1 is 1.50 bits per heavy atom. The first-order valence-corrected chi connectivity index (χ1v) is 8.33. The zero-order valence-corrected chi connectivity index (χ0v) is 14.4. The molecule has 9 nitrogen and oxygen atoms in total. The van der Waals surface area contributed by atoms with Crippen molar-refractivity contribution >= 4 is 6.03 Å². The van der Waals surface area contributed by atoms with Crippen LogP contribution >= 0.6 is 0 Å². The lowest BCUT2D eigenvalue weighted by Crippen LogP contribution is -2.40. The van der Waals surface area contributed by atoms with E-state index in [-0.39, 0.29) is 12.1 Å². The lowest BCUT2D eigenvalue weighted by molar-refractivity contribution is 0.203. The van der Waals surface area contributed by atoms with Gasteiger partial charge in [-0.3, -0.25) is 0 Å². The van der Waals surface area contributed by atoms with Crippen molar-refractivity contribution in [2.75, 3.05) is 13.6 Å². The first kappa shape index (κ1) is 16.4. The molecule has 2 heterocycles. The monoisotopic (exact) mass is 332 g/mol. The molecule has 0 aliphatic heterocycles. The zero-order chi connectivity index (χ0) is 17.1.